The van der Waals surface area contributed by atoms with Gasteiger partial charge in [-0.05, 0) is 96.6 Å². The van der Waals surface area contributed by atoms with Gasteiger partial charge in [0.05, 0.1) is 6.61 Å². The van der Waals surface area contributed by atoms with Crippen molar-refractivity contribution in [2.45, 2.75) is 257 Å². The quantitative estimate of drug-likeness (QED) is 0.0582. The van der Waals surface area contributed by atoms with Gasteiger partial charge in [-0.1, -0.05) is 155 Å². The van der Waals surface area contributed by atoms with Crippen molar-refractivity contribution in [3.8, 4) is 0 Å². The second kappa shape index (κ2) is 37.8. The van der Waals surface area contributed by atoms with Gasteiger partial charge in [0.15, 0.2) is 0 Å². The van der Waals surface area contributed by atoms with Gasteiger partial charge >= 0.3 is 11.9 Å². The Morgan fingerprint density at radius 1 is 0.566 bits per heavy atom. The molecular formula is C47H91NO5. The van der Waals surface area contributed by atoms with Crippen LogP contribution in [0.15, 0.2) is 0 Å². The van der Waals surface area contributed by atoms with E-state index in [0.29, 0.717) is 31.4 Å². The molecule has 0 aromatic carbocycles. The number of carbonyl (C=O) groups excluding carboxylic acids is 2. The highest BCUT2D eigenvalue weighted by Crippen LogP contribution is 2.22. The number of esters is 2. The topological polar surface area (TPSA) is 76.1 Å². The van der Waals surface area contributed by atoms with Crippen molar-refractivity contribution < 1.29 is 24.2 Å². The Labute approximate surface area is 330 Å². The monoisotopic (exact) mass is 750 g/mol. The Hall–Kier alpha value is -1.14. The van der Waals surface area contributed by atoms with E-state index < -0.39 is 0 Å². The minimum absolute atomic E-state index is 0.00514. The van der Waals surface area contributed by atoms with Crippen molar-refractivity contribution in [1.29, 1.82) is 0 Å². The number of rotatable bonds is 30. The SMILES string of the molecule is CCCCCCCCC(CCCCCC)COC(=O)CCCCC(CCCCC(=O)OC1CCCCCCCCCCCCCC1)N(C)CCCCO. The summed E-state index contributed by atoms with van der Waals surface area (Å²) < 4.78 is 11.9. The Kier molecular flexibility index (Phi) is 35.5. The highest BCUT2D eigenvalue weighted by molar-refractivity contribution is 5.69. The van der Waals surface area contributed by atoms with Gasteiger partial charge in [-0.25, -0.2) is 0 Å². The Morgan fingerprint density at radius 3 is 1.55 bits per heavy atom. The predicted octanol–water partition coefficient (Wildman–Crippen LogP) is 13.4. The number of nitrogens with zero attached hydrogens (tertiary/aromatic N) is 1. The van der Waals surface area contributed by atoms with E-state index in [1.165, 1.54) is 154 Å². The lowest BCUT2D eigenvalue weighted by Crippen LogP contribution is -2.32. The average molecular weight is 750 g/mol. The summed E-state index contributed by atoms with van der Waals surface area (Å²) in [6.45, 7) is 6.33. The van der Waals surface area contributed by atoms with Gasteiger partial charge in [-0.3, -0.25) is 9.59 Å². The molecule has 0 aromatic heterocycles. The van der Waals surface area contributed by atoms with Crippen molar-refractivity contribution in [3.05, 3.63) is 0 Å². The number of hydrogen-bond acceptors (Lipinski definition) is 6. The van der Waals surface area contributed by atoms with E-state index >= 15 is 0 Å². The minimum atomic E-state index is -0.0270. The van der Waals surface area contributed by atoms with E-state index in [1.54, 1.807) is 0 Å². The van der Waals surface area contributed by atoms with Gasteiger partial charge in [-0.15, -0.1) is 0 Å². The lowest BCUT2D eigenvalue weighted by Gasteiger charge is -2.28. The first-order valence-corrected chi connectivity index (χ1v) is 23.7. The molecule has 314 valence electrons. The van der Waals surface area contributed by atoms with Crippen LogP contribution < -0.4 is 0 Å². The molecule has 1 aliphatic carbocycles. The fourth-order valence-corrected chi connectivity index (χ4v) is 8.23. The third-order valence-electron chi connectivity index (χ3n) is 11.9. The molecule has 0 bridgehead atoms. The lowest BCUT2D eigenvalue weighted by atomic mass is 9.95. The fourth-order valence-electron chi connectivity index (χ4n) is 8.23. The van der Waals surface area contributed by atoms with Crippen molar-refractivity contribution in [2.24, 2.45) is 5.92 Å². The van der Waals surface area contributed by atoms with E-state index in [4.69, 9.17) is 9.47 Å². The summed E-state index contributed by atoms with van der Waals surface area (Å²) >= 11 is 0. The summed E-state index contributed by atoms with van der Waals surface area (Å²) in [5.41, 5.74) is 0. The summed E-state index contributed by atoms with van der Waals surface area (Å²) in [6.07, 6.45) is 42.0. The van der Waals surface area contributed by atoms with E-state index in [9.17, 15) is 14.7 Å². The zero-order chi connectivity index (χ0) is 38.5. The maximum Gasteiger partial charge on any atom is 0.306 e. The molecule has 1 rings (SSSR count). The first-order valence-electron chi connectivity index (χ1n) is 23.7. The third-order valence-corrected chi connectivity index (χ3v) is 11.9. The number of aliphatic hydroxyl groups is 1. The van der Waals surface area contributed by atoms with E-state index in [1.807, 2.05) is 0 Å². The second-order valence-electron chi connectivity index (χ2n) is 16.9. The van der Waals surface area contributed by atoms with Crippen LogP contribution in [0.25, 0.3) is 0 Å². The summed E-state index contributed by atoms with van der Waals surface area (Å²) in [4.78, 5) is 28.2. The number of aliphatic hydroxyl groups excluding tert-OH is 1. The molecule has 1 aliphatic rings. The second-order valence-corrected chi connectivity index (χ2v) is 16.9. The van der Waals surface area contributed by atoms with E-state index in [2.05, 4.69) is 25.8 Å². The standard InChI is InChI=1S/C47H91NO5/c1-4-6-8-10-19-23-33-43(32-22-9-7-5-2)42-52-46(50)38-28-26-34-44(48(3)40-30-31-41-49)35-27-29-39-47(51)53-45-36-24-20-17-15-13-11-12-14-16-18-21-25-37-45/h43-45,49H,4-42H2,1-3H3. The van der Waals surface area contributed by atoms with Crippen LogP contribution >= 0.6 is 0 Å². The van der Waals surface area contributed by atoms with Gasteiger partial charge in [-0.2, -0.15) is 0 Å². The molecule has 53 heavy (non-hydrogen) atoms. The number of ether oxygens (including phenoxy) is 2. The highest BCUT2D eigenvalue weighted by Gasteiger charge is 2.18. The third kappa shape index (κ3) is 31.7. The zero-order valence-electron chi connectivity index (χ0n) is 35.8. The van der Waals surface area contributed by atoms with E-state index in [-0.39, 0.29) is 24.6 Å². The van der Waals surface area contributed by atoms with Crippen LogP contribution in [0.3, 0.4) is 0 Å². The molecule has 1 saturated carbocycles. The van der Waals surface area contributed by atoms with Crippen LogP contribution in [0.2, 0.25) is 0 Å². The minimum Gasteiger partial charge on any atom is -0.465 e. The Balaban J connectivity index is 2.46. The molecule has 0 amide bonds. The molecule has 0 heterocycles. The zero-order valence-corrected chi connectivity index (χ0v) is 35.8. The van der Waals surface area contributed by atoms with E-state index in [0.717, 1.165) is 70.8 Å². The first-order chi connectivity index (χ1) is 26.0. The van der Waals surface area contributed by atoms with Gasteiger partial charge in [0, 0.05) is 25.5 Å². The summed E-state index contributed by atoms with van der Waals surface area (Å²) in [6, 6.07) is 0.425. The summed E-state index contributed by atoms with van der Waals surface area (Å²) in [5.74, 6) is 0.477. The molecule has 0 saturated heterocycles. The number of hydrogen-bond donors (Lipinski definition) is 1. The van der Waals surface area contributed by atoms with Crippen LogP contribution in [0.5, 0.6) is 0 Å². The average Bonchev–Trinajstić information content (AvgIpc) is 3.16. The van der Waals surface area contributed by atoms with Crippen LogP contribution in [0.4, 0.5) is 0 Å². The molecule has 0 spiro atoms. The molecule has 1 fully saturated rings. The van der Waals surface area contributed by atoms with Gasteiger partial charge in [0.1, 0.15) is 6.10 Å². The largest absolute Gasteiger partial charge is 0.465 e. The van der Waals surface area contributed by atoms with Crippen LogP contribution in [0, 0.1) is 5.92 Å². The van der Waals surface area contributed by atoms with Crippen LogP contribution in [-0.4, -0.2) is 60.9 Å². The maximum atomic E-state index is 12.9. The number of carbonyl (C=O) groups is 2. The van der Waals surface area contributed by atoms with Gasteiger partial charge < -0.3 is 19.5 Å². The van der Waals surface area contributed by atoms with Gasteiger partial charge in [0.2, 0.25) is 0 Å². The molecule has 0 aliphatic heterocycles. The van der Waals surface area contributed by atoms with Crippen molar-refractivity contribution in [2.75, 3.05) is 26.8 Å². The molecule has 2 atom stereocenters. The van der Waals surface area contributed by atoms with Crippen LogP contribution in [0.1, 0.15) is 245 Å². The summed E-state index contributed by atoms with van der Waals surface area (Å²) in [7, 11) is 2.20. The lowest BCUT2D eigenvalue weighted by molar-refractivity contribution is -0.150. The van der Waals surface area contributed by atoms with Crippen molar-refractivity contribution >= 4 is 11.9 Å². The first kappa shape index (κ1) is 49.9. The normalized spacial score (nSPS) is 16.8. The molecule has 0 aromatic rings. The predicted molar refractivity (Wildman–Crippen MR) is 225 cm³/mol. The molecule has 6 nitrogen and oxygen atoms in total. The molecular weight excluding hydrogens is 659 g/mol. The van der Waals surface area contributed by atoms with Crippen LogP contribution in [-0.2, 0) is 19.1 Å². The fraction of sp³-hybridized carbons (Fsp3) is 0.957. The molecule has 6 heteroatoms. The summed E-state index contributed by atoms with van der Waals surface area (Å²) in [5, 5.41) is 9.32. The van der Waals surface area contributed by atoms with Gasteiger partial charge in [0.25, 0.3) is 0 Å². The Bertz CT molecular complexity index is 790. The highest BCUT2D eigenvalue weighted by atomic mass is 16.5. The van der Waals surface area contributed by atoms with Crippen molar-refractivity contribution in [3.63, 3.8) is 0 Å². The molecule has 2 unspecified atom stereocenters. The molecule has 1 N–H and O–H groups in total. The van der Waals surface area contributed by atoms with Crippen molar-refractivity contribution in [1.82, 2.24) is 4.90 Å². The Morgan fingerprint density at radius 2 is 1.02 bits per heavy atom. The smallest absolute Gasteiger partial charge is 0.306 e. The number of unbranched alkanes of at least 4 members (excludes halogenated alkanes) is 11. The maximum absolute atomic E-state index is 12.9. The molecule has 0 radical (unpaired) electrons.